The molecule has 72 valence electrons. The molecule has 0 aliphatic carbocycles. The highest BCUT2D eigenvalue weighted by Crippen LogP contribution is 2.24. The summed E-state index contributed by atoms with van der Waals surface area (Å²) in [5.41, 5.74) is 12.2. The zero-order chi connectivity index (χ0) is 10.7. The number of nitrogens with zero attached hydrogens (tertiary/aromatic N) is 1. The van der Waals surface area contributed by atoms with Gasteiger partial charge in [0.2, 0.25) is 0 Å². The Labute approximate surface area is 89.6 Å². The lowest BCUT2D eigenvalue weighted by Crippen LogP contribution is -2.10. The Balaban J connectivity index is 3.42. The van der Waals surface area contributed by atoms with Crippen molar-refractivity contribution in [2.45, 2.75) is 0 Å². The van der Waals surface area contributed by atoms with Gasteiger partial charge in [-0.3, -0.25) is 4.79 Å². The van der Waals surface area contributed by atoms with Crippen LogP contribution in [0.25, 0.3) is 0 Å². The smallest absolute Gasteiger partial charge is 0.177 e. The lowest BCUT2D eigenvalue weighted by Gasteiger charge is -2.07. The van der Waals surface area contributed by atoms with Crippen molar-refractivity contribution in [2.24, 2.45) is 0 Å². The molecule has 4 nitrogen and oxygen atoms in total. The van der Waals surface area contributed by atoms with Crippen LogP contribution in [0.3, 0.4) is 0 Å². The van der Waals surface area contributed by atoms with Gasteiger partial charge in [0.25, 0.3) is 0 Å². The van der Waals surface area contributed by atoms with Gasteiger partial charge in [0.05, 0.1) is 22.1 Å². The van der Waals surface area contributed by atoms with Crippen molar-refractivity contribution in [3.8, 4) is 6.07 Å². The lowest BCUT2D eigenvalue weighted by atomic mass is 10.0. The number of alkyl halides is 1. The van der Waals surface area contributed by atoms with Gasteiger partial charge in [0.1, 0.15) is 6.07 Å². The van der Waals surface area contributed by atoms with Crippen LogP contribution < -0.4 is 11.5 Å². The first-order chi connectivity index (χ1) is 6.61. The van der Waals surface area contributed by atoms with E-state index in [2.05, 4.69) is 15.9 Å². The molecule has 0 aliphatic rings. The van der Waals surface area contributed by atoms with E-state index in [1.807, 2.05) is 6.07 Å². The maximum atomic E-state index is 11.4. The van der Waals surface area contributed by atoms with Gasteiger partial charge in [-0.05, 0) is 12.1 Å². The molecule has 0 saturated heterocycles. The number of ketones is 1. The number of nitriles is 1. The molecule has 0 saturated carbocycles. The van der Waals surface area contributed by atoms with E-state index in [9.17, 15) is 4.79 Å². The third-order valence-corrected chi connectivity index (χ3v) is 2.31. The molecule has 0 heterocycles. The van der Waals surface area contributed by atoms with Crippen molar-refractivity contribution in [3.63, 3.8) is 0 Å². The predicted octanol–water partition coefficient (Wildman–Crippen LogP) is 1.30. The molecule has 14 heavy (non-hydrogen) atoms. The largest absolute Gasteiger partial charge is 0.398 e. The Kier molecular flexibility index (Phi) is 3.10. The summed E-state index contributed by atoms with van der Waals surface area (Å²) in [5, 5.41) is 8.83. The Hall–Kier alpha value is -1.54. The fourth-order valence-corrected chi connectivity index (χ4v) is 1.39. The van der Waals surface area contributed by atoms with Crippen LogP contribution in [-0.2, 0) is 0 Å². The molecule has 0 spiro atoms. The number of anilines is 2. The quantitative estimate of drug-likeness (QED) is 0.472. The number of Topliss-reactive ketones (excluding diaryl/α,β-unsaturated/α-hetero) is 1. The molecular weight excluding hydrogens is 246 g/mol. The summed E-state index contributed by atoms with van der Waals surface area (Å²) >= 11 is 3.02. The monoisotopic (exact) mass is 253 g/mol. The molecule has 0 fully saturated rings. The number of hydrogen-bond acceptors (Lipinski definition) is 4. The number of hydrogen-bond donors (Lipinski definition) is 2. The van der Waals surface area contributed by atoms with Crippen molar-refractivity contribution in [3.05, 3.63) is 23.3 Å². The molecule has 1 rings (SSSR count). The van der Waals surface area contributed by atoms with Gasteiger partial charge in [0.15, 0.2) is 5.78 Å². The van der Waals surface area contributed by atoms with E-state index >= 15 is 0 Å². The minimum atomic E-state index is -0.225. The minimum Gasteiger partial charge on any atom is -0.398 e. The summed E-state index contributed by atoms with van der Waals surface area (Å²) in [4.78, 5) is 11.4. The van der Waals surface area contributed by atoms with Gasteiger partial charge in [0, 0.05) is 5.69 Å². The van der Waals surface area contributed by atoms with Crippen LogP contribution >= 0.6 is 15.9 Å². The van der Waals surface area contributed by atoms with Crippen LogP contribution in [0.15, 0.2) is 12.1 Å². The van der Waals surface area contributed by atoms with Gasteiger partial charge in [-0.2, -0.15) is 5.26 Å². The maximum absolute atomic E-state index is 11.4. The Morgan fingerprint density at radius 3 is 2.64 bits per heavy atom. The fraction of sp³-hybridized carbons (Fsp3) is 0.111. The molecule has 4 N–H and O–H groups in total. The second-order valence-corrected chi connectivity index (χ2v) is 3.22. The highest BCUT2D eigenvalue weighted by Gasteiger charge is 2.14. The number of nitrogens with two attached hydrogens (primary N) is 2. The van der Waals surface area contributed by atoms with Crippen molar-refractivity contribution < 1.29 is 4.79 Å². The molecule has 0 bridgehead atoms. The van der Waals surface area contributed by atoms with Crippen LogP contribution in [0.2, 0.25) is 0 Å². The summed E-state index contributed by atoms with van der Waals surface area (Å²) in [6.07, 6.45) is 0. The molecule has 5 heteroatoms. The zero-order valence-corrected chi connectivity index (χ0v) is 8.84. The van der Waals surface area contributed by atoms with Gasteiger partial charge in [-0.25, -0.2) is 0 Å². The van der Waals surface area contributed by atoms with Crippen LogP contribution in [0.4, 0.5) is 11.4 Å². The van der Waals surface area contributed by atoms with E-state index in [1.54, 1.807) is 0 Å². The van der Waals surface area contributed by atoms with E-state index in [-0.39, 0.29) is 27.9 Å². The third kappa shape index (κ3) is 1.70. The number of carbonyl (C=O) groups is 1. The average Bonchev–Trinajstić information content (AvgIpc) is 2.18. The van der Waals surface area contributed by atoms with E-state index in [1.165, 1.54) is 12.1 Å². The second kappa shape index (κ2) is 4.11. The highest BCUT2D eigenvalue weighted by atomic mass is 79.9. The lowest BCUT2D eigenvalue weighted by molar-refractivity contribution is 0.102. The van der Waals surface area contributed by atoms with Gasteiger partial charge < -0.3 is 11.5 Å². The summed E-state index contributed by atoms with van der Waals surface area (Å²) in [5.74, 6) is -0.225. The van der Waals surface area contributed by atoms with Crippen LogP contribution in [-0.4, -0.2) is 11.1 Å². The van der Waals surface area contributed by atoms with Crippen molar-refractivity contribution in [2.75, 3.05) is 16.8 Å². The summed E-state index contributed by atoms with van der Waals surface area (Å²) in [6.45, 7) is 0. The van der Waals surface area contributed by atoms with E-state index in [0.717, 1.165) is 0 Å². The number of benzene rings is 1. The predicted molar refractivity (Wildman–Crippen MR) is 58.1 cm³/mol. The summed E-state index contributed by atoms with van der Waals surface area (Å²) in [7, 11) is 0. The highest BCUT2D eigenvalue weighted by molar-refractivity contribution is 9.09. The van der Waals surface area contributed by atoms with Crippen LogP contribution in [0.1, 0.15) is 15.9 Å². The fourth-order valence-electron chi connectivity index (χ4n) is 1.11. The molecule has 0 radical (unpaired) electrons. The summed E-state index contributed by atoms with van der Waals surface area (Å²) in [6, 6.07) is 4.89. The molecule has 0 atom stereocenters. The summed E-state index contributed by atoms with van der Waals surface area (Å²) < 4.78 is 0. The molecule has 0 aromatic heterocycles. The van der Waals surface area contributed by atoms with Crippen molar-refractivity contribution in [1.29, 1.82) is 5.26 Å². The van der Waals surface area contributed by atoms with Gasteiger partial charge >= 0.3 is 0 Å². The Morgan fingerprint density at radius 1 is 1.50 bits per heavy atom. The van der Waals surface area contributed by atoms with E-state index < -0.39 is 0 Å². The number of carbonyl (C=O) groups excluding carboxylic acids is 1. The van der Waals surface area contributed by atoms with Gasteiger partial charge in [-0.1, -0.05) is 15.9 Å². The molecule has 0 aliphatic heterocycles. The standard InChI is InChI=1S/C9H8BrN3O/c10-3-7(14)8-6(12)2-1-5(4-11)9(8)13/h1-2H,3,12-13H2. The second-order valence-electron chi connectivity index (χ2n) is 2.66. The van der Waals surface area contributed by atoms with E-state index in [0.29, 0.717) is 5.69 Å². The van der Waals surface area contributed by atoms with Crippen LogP contribution in [0.5, 0.6) is 0 Å². The van der Waals surface area contributed by atoms with Crippen molar-refractivity contribution in [1.82, 2.24) is 0 Å². The SMILES string of the molecule is N#Cc1ccc(N)c(C(=O)CBr)c1N. The normalized spacial score (nSPS) is 9.43. The topological polar surface area (TPSA) is 92.9 Å². The van der Waals surface area contributed by atoms with Crippen LogP contribution in [0, 0.1) is 11.3 Å². The number of rotatable bonds is 2. The zero-order valence-electron chi connectivity index (χ0n) is 7.25. The first-order valence-corrected chi connectivity index (χ1v) is 4.91. The molecule has 1 aromatic carbocycles. The average molecular weight is 254 g/mol. The van der Waals surface area contributed by atoms with Gasteiger partial charge in [-0.15, -0.1) is 0 Å². The first-order valence-electron chi connectivity index (χ1n) is 3.79. The molecular formula is C9H8BrN3O. The molecule has 0 amide bonds. The number of nitrogen functional groups attached to an aromatic ring is 2. The third-order valence-electron chi connectivity index (χ3n) is 1.80. The Bertz CT molecular complexity index is 423. The maximum Gasteiger partial charge on any atom is 0.177 e. The molecule has 1 aromatic rings. The van der Waals surface area contributed by atoms with E-state index in [4.69, 9.17) is 16.7 Å². The minimum absolute atomic E-state index is 0.135. The first kappa shape index (κ1) is 10.5. The molecule has 0 unspecified atom stereocenters. The Morgan fingerprint density at radius 2 is 2.14 bits per heavy atom. The number of halogens is 1. The van der Waals surface area contributed by atoms with Crippen molar-refractivity contribution >= 4 is 33.1 Å².